The average Bonchev–Trinajstić information content (AvgIpc) is 3.08. The zero-order chi connectivity index (χ0) is 11.5. The quantitative estimate of drug-likeness (QED) is 0.801. The number of aliphatic hydroxyl groups is 1. The van der Waals surface area contributed by atoms with Crippen molar-refractivity contribution in [3.63, 3.8) is 0 Å². The number of aromatic nitrogens is 2. The molecule has 0 saturated heterocycles. The van der Waals surface area contributed by atoms with Crippen LogP contribution in [0.1, 0.15) is 24.2 Å². The van der Waals surface area contributed by atoms with E-state index in [2.05, 4.69) is 9.97 Å². The molecule has 1 fully saturated rings. The minimum Gasteiger partial charge on any atom is -0.395 e. The summed E-state index contributed by atoms with van der Waals surface area (Å²) in [6, 6.07) is 4.12. The molecule has 1 saturated carbocycles. The van der Waals surface area contributed by atoms with Gasteiger partial charge in [0.15, 0.2) is 0 Å². The largest absolute Gasteiger partial charge is 0.395 e. The summed E-state index contributed by atoms with van der Waals surface area (Å²) in [5, 5.41) is 17.9. The molecule has 0 unspecified atom stereocenters. The number of aliphatic hydroxyl groups excluding tert-OH is 1. The molecule has 0 aliphatic heterocycles. The molecule has 1 aromatic heterocycles. The van der Waals surface area contributed by atoms with Gasteiger partial charge < -0.3 is 10.0 Å². The maximum Gasteiger partial charge on any atom is 0.227 e. The molecule has 0 amide bonds. The number of nitrogens with zero attached hydrogens (tertiary/aromatic N) is 4. The van der Waals surface area contributed by atoms with Crippen LogP contribution < -0.4 is 4.90 Å². The minimum atomic E-state index is 0.0791. The molecule has 0 atom stereocenters. The lowest BCUT2D eigenvalue weighted by atomic mass is 10.3. The highest BCUT2D eigenvalue weighted by molar-refractivity contribution is 5.38. The fourth-order valence-corrected chi connectivity index (χ4v) is 1.68. The maximum absolute atomic E-state index is 9.01. The molecule has 0 aromatic carbocycles. The first-order valence-electron chi connectivity index (χ1n) is 5.38. The van der Waals surface area contributed by atoms with Gasteiger partial charge in [-0.15, -0.1) is 0 Å². The molecule has 2 rings (SSSR count). The van der Waals surface area contributed by atoms with E-state index >= 15 is 0 Å². The van der Waals surface area contributed by atoms with E-state index in [0.717, 1.165) is 18.5 Å². The second kappa shape index (κ2) is 4.45. The Hall–Kier alpha value is -1.67. The van der Waals surface area contributed by atoms with Crippen LogP contribution in [0.25, 0.3) is 0 Å². The standard InChI is InChI=1S/C11H14N4O/c1-8-6-9(7-12)14-11(13-8)15(4-5-16)10-2-3-10/h6,10,16H,2-5H2,1H3. The van der Waals surface area contributed by atoms with Crippen LogP contribution in [0.2, 0.25) is 0 Å². The lowest BCUT2D eigenvalue weighted by Gasteiger charge is -2.21. The van der Waals surface area contributed by atoms with Crippen LogP contribution in [0.3, 0.4) is 0 Å². The van der Waals surface area contributed by atoms with E-state index < -0.39 is 0 Å². The van der Waals surface area contributed by atoms with E-state index in [9.17, 15) is 0 Å². The smallest absolute Gasteiger partial charge is 0.227 e. The summed E-state index contributed by atoms with van der Waals surface area (Å²) < 4.78 is 0. The first-order chi connectivity index (χ1) is 7.74. The molecule has 16 heavy (non-hydrogen) atoms. The Morgan fingerprint density at radius 3 is 2.88 bits per heavy atom. The van der Waals surface area contributed by atoms with Crippen LogP contribution in [0, 0.1) is 18.3 Å². The van der Waals surface area contributed by atoms with Crippen LogP contribution in [-0.4, -0.2) is 34.3 Å². The van der Waals surface area contributed by atoms with Crippen molar-refractivity contribution in [3.05, 3.63) is 17.5 Å². The van der Waals surface area contributed by atoms with Crippen LogP contribution in [-0.2, 0) is 0 Å². The van der Waals surface area contributed by atoms with Gasteiger partial charge in [-0.05, 0) is 25.8 Å². The van der Waals surface area contributed by atoms with Gasteiger partial charge in [0.1, 0.15) is 11.8 Å². The predicted molar refractivity (Wildman–Crippen MR) is 58.9 cm³/mol. The van der Waals surface area contributed by atoms with Crippen molar-refractivity contribution in [2.45, 2.75) is 25.8 Å². The molecule has 84 valence electrons. The maximum atomic E-state index is 9.01. The Bertz CT molecular complexity index is 422. The fraction of sp³-hybridized carbons (Fsp3) is 0.545. The average molecular weight is 218 g/mol. The fourth-order valence-electron chi connectivity index (χ4n) is 1.68. The van der Waals surface area contributed by atoms with Crippen molar-refractivity contribution in [3.8, 4) is 6.07 Å². The summed E-state index contributed by atoms with van der Waals surface area (Å²) >= 11 is 0. The number of rotatable bonds is 4. The van der Waals surface area contributed by atoms with E-state index in [1.54, 1.807) is 6.07 Å². The van der Waals surface area contributed by atoms with Crippen molar-refractivity contribution in [2.75, 3.05) is 18.1 Å². The SMILES string of the molecule is Cc1cc(C#N)nc(N(CCO)C2CC2)n1. The topological polar surface area (TPSA) is 73.0 Å². The minimum absolute atomic E-state index is 0.0791. The zero-order valence-corrected chi connectivity index (χ0v) is 9.22. The summed E-state index contributed by atoms with van der Waals surface area (Å²) in [4.78, 5) is 10.5. The molecule has 0 bridgehead atoms. The Kier molecular flexibility index (Phi) is 3.02. The molecule has 1 heterocycles. The Balaban J connectivity index is 2.29. The summed E-state index contributed by atoms with van der Waals surface area (Å²) in [6.45, 7) is 2.45. The van der Waals surface area contributed by atoms with E-state index in [-0.39, 0.29) is 6.61 Å². The van der Waals surface area contributed by atoms with E-state index in [4.69, 9.17) is 10.4 Å². The van der Waals surface area contributed by atoms with Gasteiger partial charge in [-0.2, -0.15) is 5.26 Å². The van der Waals surface area contributed by atoms with Crippen molar-refractivity contribution in [1.82, 2.24) is 9.97 Å². The zero-order valence-electron chi connectivity index (χ0n) is 9.22. The molecule has 1 aliphatic carbocycles. The molecule has 0 spiro atoms. The predicted octanol–water partition coefficient (Wildman–Crippen LogP) is 0.618. The van der Waals surface area contributed by atoms with Gasteiger partial charge in [-0.25, -0.2) is 9.97 Å². The van der Waals surface area contributed by atoms with Gasteiger partial charge >= 0.3 is 0 Å². The highest BCUT2D eigenvalue weighted by Crippen LogP contribution is 2.29. The molecule has 0 radical (unpaired) electrons. The summed E-state index contributed by atoms with van der Waals surface area (Å²) in [5.74, 6) is 0.563. The van der Waals surface area contributed by atoms with Gasteiger partial charge in [0, 0.05) is 18.3 Å². The first-order valence-corrected chi connectivity index (χ1v) is 5.38. The van der Waals surface area contributed by atoms with E-state index in [1.165, 1.54) is 0 Å². The van der Waals surface area contributed by atoms with Gasteiger partial charge in [-0.3, -0.25) is 0 Å². The van der Waals surface area contributed by atoms with Crippen LogP contribution >= 0.6 is 0 Å². The Morgan fingerprint density at radius 1 is 1.56 bits per heavy atom. The number of aryl methyl sites for hydroxylation is 1. The molecule has 5 heteroatoms. The second-order valence-electron chi connectivity index (χ2n) is 3.95. The number of nitriles is 1. The van der Waals surface area contributed by atoms with Crippen LogP contribution in [0.4, 0.5) is 5.95 Å². The van der Waals surface area contributed by atoms with Gasteiger partial charge in [0.25, 0.3) is 0 Å². The Morgan fingerprint density at radius 2 is 2.31 bits per heavy atom. The van der Waals surface area contributed by atoms with Gasteiger partial charge in [0.05, 0.1) is 6.61 Å². The second-order valence-corrected chi connectivity index (χ2v) is 3.95. The molecule has 1 aromatic rings. The third-order valence-corrected chi connectivity index (χ3v) is 2.54. The molecule has 1 N–H and O–H groups in total. The lowest BCUT2D eigenvalue weighted by Crippen LogP contribution is -2.31. The lowest BCUT2D eigenvalue weighted by molar-refractivity contribution is 0.300. The van der Waals surface area contributed by atoms with Crippen LogP contribution in [0.5, 0.6) is 0 Å². The monoisotopic (exact) mass is 218 g/mol. The van der Waals surface area contributed by atoms with Crippen molar-refractivity contribution < 1.29 is 5.11 Å². The summed E-state index contributed by atoms with van der Waals surface area (Å²) in [5.41, 5.74) is 1.16. The number of hydrogen-bond acceptors (Lipinski definition) is 5. The summed E-state index contributed by atoms with van der Waals surface area (Å²) in [7, 11) is 0. The van der Waals surface area contributed by atoms with Crippen molar-refractivity contribution in [1.29, 1.82) is 5.26 Å². The summed E-state index contributed by atoms with van der Waals surface area (Å²) in [6.07, 6.45) is 2.22. The highest BCUT2D eigenvalue weighted by atomic mass is 16.3. The number of hydrogen-bond donors (Lipinski definition) is 1. The first kappa shape index (κ1) is 10.8. The third kappa shape index (κ3) is 2.28. The van der Waals surface area contributed by atoms with Crippen molar-refractivity contribution >= 4 is 5.95 Å². The van der Waals surface area contributed by atoms with Gasteiger partial charge in [-0.1, -0.05) is 0 Å². The molecular formula is C11H14N4O. The molecular weight excluding hydrogens is 204 g/mol. The number of anilines is 1. The van der Waals surface area contributed by atoms with Crippen molar-refractivity contribution in [2.24, 2.45) is 0 Å². The molecule has 1 aliphatic rings. The molecule has 5 nitrogen and oxygen atoms in total. The Labute approximate surface area is 94.4 Å². The van der Waals surface area contributed by atoms with Crippen LogP contribution in [0.15, 0.2) is 6.07 Å². The highest BCUT2D eigenvalue weighted by Gasteiger charge is 2.30. The van der Waals surface area contributed by atoms with E-state index in [0.29, 0.717) is 24.2 Å². The van der Waals surface area contributed by atoms with Gasteiger partial charge in [0.2, 0.25) is 5.95 Å². The van der Waals surface area contributed by atoms with E-state index in [1.807, 2.05) is 17.9 Å². The normalized spacial score (nSPS) is 14.6. The third-order valence-electron chi connectivity index (χ3n) is 2.54.